The largest absolute Gasteiger partial charge is 0.457 e. The van der Waals surface area contributed by atoms with Gasteiger partial charge in [0.25, 0.3) is 0 Å². The lowest BCUT2D eigenvalue weighted by Crippen LogP contribution is -2.14. The predicted molar refractivity (Wildman–Crippen MR) is 93.7 cm³/mol. The first-order chi connectivity index (χ1) is 11.9. The van der Waals surface area contributed by atoms with E-state index in [1.54, 1.807) is 12.3 Å². The molecule has 2 aromatic carbocycles. The molecule has 8 heteroatoms. The van der Waals surface area contributed by atoms with Crippen LogP contribution in [-0.2, 0) is 21.4 Å². The zero-order valence-corrected chi connectivity index (χ0v) is 14.4. The van der Waals surface area contributed by atoms with Gasteiger partial charge in [0.2, 0.25) is 10.0 Å². The number of ether oxygens (including phenoxy) is 1. The SMILES string of the molecule is NS(=O)(=O)c1ccc(Cl)c(C(=O)OCc2cccc3cccnc23)c1. The number of nitrogens with zero attached hydrogens (tertiary/aromatic N) is 1. The Morgan fingerprint density at radius 1 is 1.16 bits per heavy atom. The number of nitrogens with two attached hydrogens (primary N) is 1. The number of esters is 1. The Morgan fingerprint density at radius 3 is 2.68 bits per heavy atom. The average Bonchev–Trinajstić information content (AvgIpc) is 2.59. The molecule has 0 aliphatic carbocycles. The van der Waals surface area contributed by atoms with E-state index in [9.17, 15) is 13.2 Å². The van der Waals surface area contributed by atoms with Gasteiger partial charge in [0.15, 0.2) is 0 Å². The van der Waals surface area contributed by atoms with Crippen molar-refractivity contribution >= 4 is 38.5 Å². The molecule has 0 unspecified atom stereocenters. The van der Waals surface area contributed by atoms with Gasteiger partial charge >= 0.3 is 5.97 Å². The lowest BCUT2D eigenvalue weighted by Gasteiger charge is -2.09. The molecule has 0 aliphatic heterocycles. The van der Waals surface area contributed by atoms with Gasteiger partial charge in [0.05, 0.1) is 21.0 Å². The maximum Gasteiger partial charge on any atom is 0.340 e. The van der Waals surface area contributed by atoms with Crippen LogP contribution in [0.3, 0.4) is 0 Å². The highest BCUT2D eigenvalue weighted by Gasteiger charge is 2.17. The van der Waals surface area contributed by atoms with Crippen molar-refractivity contribution in [1.82, 2.24) is 4.98 Å². The number of aromatic nitrogens is 1. The Bertz CT molecular complexity index is 1060. The summed E-state index contributed by atoms with van der Waals surface area (Å²) in [5.74, 6) is -0.747. The number of hydrogen-bond acceptors (Lipinski definition) is 5. The van der Waals surface area contributed by atoms with E-state index in [0.29, 0.717) is 0 Å². The highest BCUT2D eigenvalue weighted by Crippen LogP contribution is 2.22. The second-order valence-electron chi connectivity index (χ2n) is 5.26. The number of para-hydroxylation sites is 1. The van der Waals surface area contributed by atoms with Crippen LogP contribution in [-0.4, -0.2) is 19.4 Å². The molecule has 1 heterocycles. The zero-order chi connectivity index (χ0) is 18.0. The Hall–Kier alpha value is -2.48. The van der Waals surface area contributed by atoms with Crippen molar-refractivity contribution in [2.75, 3.05) is 0 Å². The van der Waals surface area contributed by atoms with E-state index < -0.39 is 16.0 Å². The summed E-state index contributed by atoms with van der Waals surface area (Å²) in [6, 6.07) is 12.9. The number of carbonyl (C=O) groups excluding carboxylic acids is 1. The van der Waals surface area contributed by atoms with Gasteiger partial charge in [-0.15, -0.1) is 0 Å². The quantitative estimate of drug-likeness (QED) is 0.706. The molecule has 3 rings (SSSR count). The number of primary sulfonamides is 1. The molecule has 0 fully saturated rings. The third-order valence-electron chi connectivity index (χ3n) is 3.56. The number of pyridine rings is 1. The van der Waals surface area contributed by atoms with Crippen molar-refractivity contribution in [1.29, 1.82) is 0 Å². The Kier molecular flexibility index (Phi) is 4.71. The lowest BCUT2D eigenvalue weighted by molar-refractivity contribution is 0.0474. The normalized spacial score (nSPS) is 11.4. The van der Waals surface area contributed by atoms with Gasteiger partial charge in [-0.25, -0.2) is 18.4 Å². The number of rotatable bonds is 4. The highest BCUT2D eigenvalue weighted by atomic mass is 35.5. The van der Waals surface area contributed by atoms with Crippen molar-refractivity contribution < 1.29 is 17.9 Å². The summed E-state index contributed by atoms with van der Waals surface area (Å²) in [5, 5.41) is 6.07. The van der Waals surface area contributed by atoms with Crippen molar-refractivity contribution in [3.8, 4) is 0 Å². The Labute approximate surface area is 149 Å². The molecule has 0 aliphatic rings. The molecule has 0 radical (unpaired) electrons. The van der Waals surface area contributed by atoms with Gasteiger partial charge in [-0.3, -0.25) is 4.98 Å². The molecule has 25 heavy (non-hydrogen) atoms. The third kappa shape index (κ3) is 3.79. The van der Waals surface area contributed by atoms with Crippen molar-refractivity contribution in [3.05, 3.63) is 70.9 Å². The molecule has 128 valence electrons. The lowest BCUT2D eigenvalue weighted by atomic mass is 10.1. The molecule has 0 saturated carbocycles. The van der Waals surface area contributed by atoms with Crippen LogP contribution < -0.4 is 5.14 Å². The molecule has 6 nitrogen and oxygen atoms in total. The van der Waals surface area contributed by atoms with Gasteiger partial charge in [-0.05, 0) is 24.3 Å². The summed E-state index contributed by atoms with van der Waals surface area (Å²) in [5.41, 5.74) is 1.38. The Morgan fingerprint density at radius 2 is 1.92 bits per heavy atom. The molecular weight excluding hydrogens is 364 g/mol. The first-order valence-electron chi connectivity index (χ1n) is 7.18. The number of halogens is 1. The van der Waals surface area contributed by atoms with Gasteiger partial charge in [0.1, 0.15) is 6.61 Å². The monoisotopic (exact) mass is 376 g/mol. The topological polar surface area (TPSA) is 99.4 Å². The average molecular weight is 377 g/mol. The standard InChI is InChI=1S/C17H13ClN2O4S/c18-15-7-6-13(25(19,22)23)9-14(15)17(21)24-10-12-4-1-3-11-5-2-8-20-16(11)12/h1-9H,10H2,(H2,19,22,23). The van der Waals surface area contributed by atoms with Crippen LogP contribution in [0.5, 0.6) is 0 Å². The molecule has 0 amide bonds. The smallest absolute Gasteiger partial charge is 0.340 e. The molecule has 0 spiro atoms. The van der Waals surface area contributed by atoms with Crippen LogP contribution >= 0.6 is 11.6 Å². The van der Waals surface area contributed by atoms with E-state index in [1.807, 2.05) is 24.3 Å². The van der Waals surface area contributed by atoms with Crippen LogP contribution in [0.4, 0.5) is 0 Å². The van der Waals surface area contributed by atoms with Crippen molar-refractivity contribution in [3.63, 3.8) is 0 Å². The first-order valence-corrected chi connectivity index (χ1v) is 9.11. The van der Waals surface area contributed by atoms with Crippen LogP contribution in [0.25, 0.3) is 10.9 Å². The number of benzene rings is 2. The molecule has 0 atom stereocenters. The second kappa shape index (κ2) is 6.79. The summed E-state index contributed by atoms with van der Waals surface area (Å²) in [4.78, 5) is 16.4. The van der Waals surface area contributed by atoms with Gasteiger partial charge in [-0.2, -0.15) is 0 Å². The zero-order valence-electron chi connectivity index (χ0n) is 12.8. The van der Waals surface area contributed by atoms with E-state index >= 15 is 0 Å². The predicted octanol–water partition coefficient (Wildman–Crippen LogP) is 2.89. The third-order valence-corrected chi connectivity index (χ3v) is 4.80. The highest BCUT2D eigenvalue weighted by molar-refractivity contribution is 7.89. The van der Waals surface area contributed by atoms with Crippen LogP contribution in [0.1, 0.15) is 15.9 Å². The van der Waals surface area contributed by atoms with Crippen molar-refractivity contribution in [2.24, 2.45) is 5.14 Å². The minimum absolute atomic E-state index is 0.0247. The number of hydrogen-bond donors (Lipinski definition) is 1. The number of sulfonamides is 1. The van der Waals surface area contributed by atoms with E-state index in [1.165, 1.54) is 12.1 Å². The fourth-order valence-corrected chi connectivity index (χ4v) is 3.08. The second-order valence-corrected chi connectivity index (χ2v) is 7.22. The number of fused-ring (bicyclic) bond motifs is 1. The fraction of sp³-hybridized carbons (Fsp3) is 0.0588. The number of carbonyl (C=O) groups is 1. The molecule has 0 bridgehead atoms. The minimum atomic E-state index is -3.95. The molecule has 2 N–H and O–H groups in total. The van der Waals surface area contributed by atoms with Gasteiger partial charge in [-0.1, -0.05) is 35.9 Å². The molecule has 3 aromatic rings. The Balaban J connectivity index is 1.86. The first kappa shape index (κ1) is 17.3. The summed E-state index contributed by atoms with van der Waals surface area (Å²) in [6.07, 6.45) is 1.65. The summed E-state index contributed by atoms with van der Waals surface area (Å²) >= 11 is 5.97. The van der Waals surface area contributed by atoms with Gasteiger partial charge in [0, 0.05) is 17.1 Å². The van der Waals surface area contributed by atoms with E-state index in [0.717, 1.165) is 22.5 Å². The minimum Gasteiger partial charge on any atom is -0.457 e. The fourth-order valence-electron chi connectivity index (χ4n) is 2.34. The van der Waals surface area contributed by atoms with Crippen LogP contribution in [0.15, 0.2) is 59.6 Å². The van der Waals surface area contributed by atoms with E-state index in [2.05, 4.69) is 4.98 Å². The van der Waals surface area contributed by atoms with Crippen LogP contribution in [0.2, 0.25) is 5.02 Å². The maximum atomic E-state index is 12.3. The molecule has 1 aromatic heterocycles. The molecular formula is C17H13ClN2O4S. The van der Waals surface area contributed by atoms with Crippen molar-refractivity contribution in [2.45, 2.75) is 11.5 Å². The van der Waals surface area contributed by atoms with E-state index in [4.69, 9.17) is 21.5 Å². The summed E-state index contributed by atoms with van der Waals surface area (Å²) < 4.78 is 28.1. The van der Waals surface area contributed by atoms with Crippen LogP contribution in [0, 0.1) is 0 Å². The molecule has 0 saturated heterocycles. The van der Waals surface area contributed by atoms with Gasteiger partial charge < -0.3 is 4.74 Å². The van der Waals surface area contributed by atoms with E-state index in [-0.39, 0.29) is 22.1 Å². The maximum absolute atomic E-state index is 12.3. The summed E-state index contributed by atoms with van der Waals surface area (Å²) in [7, 11) is -3.95. The summed E-state index contributed by atoms with van der Waals surface area (Å²) in [6.45, 7) is -0.0247.